The van der Waals surface area contributed by atoms with Gasteiger partial charge in [-0.2, -0.15) is 0 Å². The SMILES string of the molecule is C[C@H](NC(=O)C1(c2ccccc2)CCN(C(=O)c2ccc(-c3ccncc3)cc2)CC1)c1ccccc1. The molecule has 0 saturated carbocycles. The van der Waals surface area contributed by atoms with Crippen LogP contribution in [-0.4, -0.2) is 34.8 Å². The van der Waals surface area contributed by atoms with Crippen LogP contribution in [0.4, 0.5) is 0 Å². The molecule has 0 bridgehead atoms. The molecule has 0 aliphatic carbocycles. The minimum Gasteiger partial charge on any atom is -0.349 e. The molecule has 1 saturated heterocycles. The van der Waals surface area contributed by atoms with Crippen molar-refractivity contribution < 1.29 is 9.59 Å². The molecule has 5 heteroatoms. The third-order valence-corrected chi connectivity index (χ3v) is 7.46. The zero-order valence-electron chi connectivity index (χ0n) is 21.0. The number of carbonyl (C=O) groups excluding carboxylic acids is 2. The van der Waals surface area contributed by atoms with Gasteiger partial charge in [-0.15, -0.1) is 0 Å². The van der Waals surface area contributed by atoms with Crippen LogP contribution in [0.5, 0.6) is 0 Å². The molecule has 4 aromatic rings. The first-order valence-electron chi connectivity index (χ1n) is 12.8. The molecule has 0 radical (unpaired) electrons. The standard InChI is InChI=1S/C32H31N3O2/c1-24(25-8-4-2-5-9-25)34-31(37)32(29-10-6-3-7-11-29)18-22-35(23-19-32)30(36)28-14-12-26(13-15-28)27-16-20-33-21-17-27/h2-17,20-21,24H,18-19,22-23H2,1H3,(H,34,37)/t24-/m0/s1. The number of likely N-dealkylation sites (tertiary alicyclic amines) is 1. The monoisotopic (exact) mass is 489 g/mol. The van der Waals surface area contributed by atoms with Crippen LogP contribution in [0.2, 0.25) is 0 Å². The Morgan fingerprint density at radius 2 is 1.35 bits per heavy atom. The number of pyridine rings is 1. The summed E-state index contributed by atoms with van der Waals surface area (Å²) in [7, 11) is 0. The van der Waals surface area contributed by atoms with Crippen LogP contribution in [0.3, 0.4) is 0 Å². The molecule has 2 heterocycles. The van der Waals surface area contributed by atoms with Gasteiger partial charge in [0.2, 0.25) is 5.91 Å². The van der Waals surface area contributed by atoms with Crippen LogP contribution in [0.15, 0.2) is 109 Å². The molecule has 1 fully saturated rings. The fourth-order valence-electron chi connectivity index (χ4n) is 5.19. The summed E-state index contributed by atoms with van der Waals surface area (Å²) in [6.45, 7) is 3.06. The molecular weight excluding hydrogens is 458 g/mol. The molecule has 1 N–H and O–H groups in total. The van der Waals surface area contributed by atoms with Crippen LogP contribution in [0.25, 0.3) is 11.1 Å². The third kappa shape index (κ3) is 5.17. The number of piperidine rings is 1. The highest BCUT2D eigenvalue weighted by Crippen LogP contribution is 2.37. The molecule has 1 aromatic heterocycles. The molecule has 5 nitrogen and oxygen atoms in total. The molecule has 3 aromatic carbocycles. The van der Waals surface area contributed by atoms with Crippen molar-refractivity contribution in [2.45, 2.75) is 31.2 Å². The van der Waals surface area contributed by atoms with Crippen molar-refractivity contribution in [1.82, 2.24) is 15.2 Å². The molecule has 5 rings (SSSR count). The summed E-state index contributed by atoms with van der Waals surface area (Å²) in [5, 5.41) is 3.26. The number of nitrogens with one attached hydrogen (secondary N) is 1. The van der Waals surface area contributed by atoms with E-state index in [1.807, 2.05) is 109 Å². The van der Waals surface area contributed by atoms with E-state index in [9.17, 15) is 9.59 Å². The predicted molar refractivity (Wildman–Crippen MR) is 146 cm³/mol. The fourth-order valence-corrected chi connectivity index (χ4v) is 5.19. The van der Waals surface area contributed by atoms with Crippen LogP contribution >= 0.6 is 0 Å². The molecule has 2 amide bonds. The van der Waals surface area contributed by atoms with Crippen LogP contribution in [-0.2, 0) is 10.2 Å². The van der Waals surface area contributed by atoms with Crippen molar-refractivity contribution in [3.05, 3.63) is 126 Å². The topological polar surface area (TPSA) is 62.3 Å². The molecule has 1 atom stereocenters. The lowest BCUT2D eigenvalue weighted by molar-refractivity contribution is -0.129. The molecular formula is C32H31N3O2. The van der Waals surface area contributed by atoms with Crippen molar-refractivity contribution >= 4 is 11.8 Å². The number of hydrogen-bond acceptors (Lipinski definition) is 3. The predicted octanol–water partition coefficient (Wildman–Crippen LogP) is 5.80. The second-order valence-electron chi connectivity index (χ2n) is 9.66. The van der Waals surface area contributed by atoms with Crippen molar-refractivity contribution in [1.29, 1.82) is 0 Å². The summed E-state index contributed by atoms with van der Waals surface area (Å²) in [4.78, 5) is 33.1. The van der Waals surface area contributed by atoms with Crippen molar-refractivity contribution in [3.8, 4) is 11.1 Å². The first kappa shape index (κ1) is 24.4. The Balaban J connectivity index is 1.32. The Bertz CT molecular complexity index is 1330. The number of aromatic nitrogens is 1. The van der Waals surface area contributed by atoms with E-state index in [1.165, 1.54) is 0 Å². The summed E-state index contributed by atoms with van der Waals surface area (Å²) < 4.78 is 0. The Hall–Kier alpha value is -4.25. The van der Waals surface area contributed by atoms with Gasteiger partial charge in [0.15, 0.2) is 0 Å². The summed E-state index contributed by atoms with van der Waals surface area (Å²) in [6.07, 6.45) is 4.67. The van der Waals surface area contributed by atoms with E-state index in [-0.39, 0.29) is 17.9 Å². The summed E-state index contributed by atoms with van der Waals surface area (Å²) in [6, 6.07) is 31.5. The highest BCUT2D eigenvalue weighted by Gasteiger charge is 2.44. The largest absolute Gasteiger partial charge is 0.349 e. The second kappa shape index (κ2) is 10.8. The maximum Gasteiger partial charge on any atom is 0.253 e. The summed E-state index contributed by atoms with van der Waals surface area (Å²) >= 11 is 0. The molecule has 1 aliphatic rings. The average Bonchev–Trinajstić information content (AvgIpc) is 2.98. The number of carbonyl (C=O) groups is 2. The molecule has 186 valence electrons. The molecule has 37 heavy (non-hydrogen) atoms. The summed E-state index contributed by atoms with van der Waals surface area (Å²) in [5.41, 5.74) is 4.17. The van der Waals surface area contributed by atoms with Gasteiger partial charge >= 0.3 is 0 Å². The minimum absolute atomic E-state index is 0.000928. The first-order valence-corrected chi connectivity index (χ1v) is 12.8. The van der Waals surface area contributed by atoms with Crippen LogP contribution in [0.1, 0.15) is 47.3 Å². The van der Waals surface area contributed by atoms with E-state index in [1.54, 1.807) is 12.4 Å². The Morgan fingerprint density at radius 1 is 0.784 bits per heavy atom. The van der Waals surface area contributed by atoms with E-state index in [4.69, 9.17) is 0 Å². The van der Waals surface area contributed by atoms with Gasteiger partial charge in [0.1, 0.15) is 0 Å². The maximum atomic E-state index is 13.8. The Morgan fingerprint density at radius 3 is 1.97 bits per heavy atom. The van der Waals surface area contributed by atoms with E-state index >= 15 is 0 Å². The second-order valence-corrected chi connectivity index (χ2v) is 9.66. The lowest BCUT2D eigenvalue weighted by Crippen LogP contribution is -2.53. The van der Waals surface area contributed by atoms with E-state index in [0.29, 0.717) is 31.5 Å². The smallest absolute Gasteiger partial charge is 0.253 e. The van der Waals surface area contributed by atoms with Gasteiger partial charge in [-0.05, 0) is 66.3 Å². The van der Waals surface area contributed by atoms with Gasteiger partial charge in [0.05, 0.1) is 11.5 Å². The van der Waals surface area contributed by atoms with E-state index in [2.05, 4.69) is 10.3 Å². The first-order chi connectivity index (χ1) is 18.1. The van der Waals surface area contributed by atoms with Crippen molar-refractivity contribution in [2.24, 2.45) is 0 Å². The highest BCUT2D eigenvalue weighted by atomic mass is 16.2. The van der Waals surface area contributed by atoms with Gasteiger partial charge in [0.25, 0.3) is 5.91 Å². The lowest BCUT2D eigenvalue weighted by Gasteiger charge is -2.41. The summed E-state index contributed by atoms with van der Waals surface area (Å²) in [5.74, 6) is 0.0184. The highest BCUT2D eigenvalue weighted by molar-refractivity contribution is 5.95. The molecule has 1 aliphatic heterocycles. The lowest BCUT2D eigenvalue weighted by atomic mass is 9.71. The number of benzene rings is 3. The zero-order chi connectivity index (χ0) is 25.7. The van der Waals surface area contributed by atoms with E-state index < -0.39 is 5.41 Å². The third-order valence-electron chi connectivity index (χ3n) is 7.46. The number of amides is 2. The van der Waals surface area contributed by atoms with E-state index in [0.717, 1.165) is 22.3 Å². The van der Waals surface area contributed by atoms with Crippen LogP contribution < -0.4 is 5.32 Å². The van der Waals surface area contributed by atoms with Gasteiger partial charge in [-0.1, -0.05) is 72.8 Å². The number of hydrogen-bond donors (Lipinski definition) is 1. The van der Waals surface area contributed by atoms with Crippen molar-refractivity contribution in [2.75, 3.05) is 13.1 Å². The average molecular weight is 490 g/mol. The van der Waals surface area contributed by atoms with Gasteiger partial charge in [0, 0.05) is 31.0 Å². The van der Waals surface area contributed by atoms with Gasteiger partial charge in [-0.25, -0.2) is 0 Å². The zero-order valence-corrected chi connectivity index (χ0v) is 21.0. The normalized spacial score (nSPS) is 15.5. The van der Waals surface area contributed by atoms with Crippen molar-refractivity contribution in [3.63, 3.8) is 0 Å². The molecule has 0 spiro atoms. The van der Waals surface area contributed by atoms with Gasteiger partial charge in [-0.3, -0.25) is 14.6 Å². The molecule has 0 unspecified atom stereocenters. The number of nitrogens with zero attached hydrogens (tertiary/aromatic N) is 2. The quantitative estimate of drug-likeness (QED) is 0.372. The maximum absolute atomic E-state index is 13.8. The Kier molecular flexibility index (Phi) is 7.13. The van der Waals surface area contributed by atoms with Crippen LogP contribution in [0, 0.1) is 0 Å². The fraction of sp³-hybridized carbons (Fsp3) is 0.219. The minimum atomic E-state index is -0.674. The Labute approximate surface area is 218 Å². The number of rotatable bonds is 6. The van der Waals surface area contributed by atoms with Gasteiger partial charge < -0.3 is 10.2 Å².